The van der Waals surface area contributed by atoms with Crippen LogP contribution >= 0.6 is 0 Å². The van der Waals surface area contributed by atoms with Crippen molar-refractivity contribution in [3.8, 4) is 0 Å². The molecular formula is C3H5B3F12NO2-3. The van der Waals surface area contributed by atoms with E-state index in [-0.39, 0.29) is 0 Å². The number of halogens is 12. The van der Waals surface area contributed by atoms with E-state index in [9.17, 15) is 61.4 Å². The van der Waals surface area contributed by atoms with E-state index in [1.807, 2.05) is 0 Å². The standard InChI is InChI=1S/C3H5NO2.3BF4/c1-4(2-5)3-6;3*2-1(3,4)5/h2-3H,1H3;;;/q;3*-1. The van der Waals surface area contributed by atoms with Crippen LogP contribution < -0.4 is 0 Å². The predicted molar refractivity (Wildman–Crippen MR) is 50.4 cm³/mol. The summed E-state index contributed by atoms with van der Waals surface area (Å²) in [6.07, 6.45) is 0.875. The topological polar surface area (TPSA) is 37.4 Å². The largest absolute Gasteiger partial charge is 0.673 e. The molecule has 0 saturated heterocycles. The van der Waals surface area contributed by atoms with E-state index in [0.717, 1.165) is 4.90 Å². The van der Waals surface area contributed by atoms with Gasteiger partial charge in [0.15, 0.2) is 0 Å². The molecule has 0 spiro atoms. The van der Waals surface area contributed by atoms with Gasteiger partial charge in [-0.25, -0.2) is 0 Å². The molecule has 0 saturated carbocycles. The average molecular weight is 347 g/mol. The van der Waals surface area contributed by atoms with Crippen molar-refractivity contribution >= 4 is 34.6 Å². The Labute approximate surface area is 109 Å². The van der Waals surface area contributed by atoms with Crippen LogP contribution in [0.1, 0.15) is 0 Å². The molecule has 0 rings (SSSR count). The maximum atomic E-state index is 9.75. The molecule has 3 nitrogen and oxygen atoms in total. The zero-order valence-corrected chi connectivity index (χ0v) is 9.69. The lowest BCUT2D eigenvalue weighted by atomic mass is 10.3. The lowest BCUT2D eigenvalue weighted by Crippen LogP contribution is -2.11. The molecule has 0 heterocycles. The number of imide groups is 1. The second-order valence-corrected chi connectivity index (χ2v) is 2.36. The van der Waals surface area contributed by atoms with E-state index in [0.29, 0.717) is 12.8 Å². The second-order valence-electron chi connectivity index (χ2n) is 2.36. The minimum Gasteiger partial charge on any atom is -0.418 e. The molecule has 0 radical (unpaired) electrons. The van der Waals surface area contributed by atoms with Crippen molar-refractivity contribution in [3.05, 3.63) is 0 Å². The zero-order chi connectivity index (χ0) is 18.5. The fourth-order valence-electron chi connectivity index (χ4n) is 0.0248. The van der Waals surface area contributed by atoms with Crippen LogP contribution in [0.15, 0.2) is 0 Å². The van der Waals surface area contributed by atoms with Gasteiger partial charge in [0.05, 0.1) is 0 Å². The van der Waals surface area contributed by atoms with Crippen molar-refractivity contribution in [3.63, 3.8) is 0 Å². The van der Waals surface area contributed by atoms with Crippen LogP contribution in [0.3, 0.4) is 0 Å². The van der Waals surface area contributed by atoms with Gasteiger partial charge in [0, 0.05) is 7.05 Å². The minimum atomic E-state index is -6.00. The molecule has 0 aromatic rings. The van der Waals surface area contributed by atoms with Gasteiger partial charge < -0.3 is 51.8 Å². The summed E-state index contributed by atoms with van der Waals surface area (Å²) in [7, 11) is -16.6. The minimum absolute atomic E-state index is 0.438. The zero-order valence-electron chi connectivity index (χ0n) is 9.69. The Morgan fingerprint density at radius 3 is 0.667 bits per heavy atom. The Balaban J connectivity index is -0.0000000921. The third-order valence-corrected chi connectivity index (χ3v) is 0.333. The Morgan fingerprint density at radius 2 is 0.667 bits per heavy atom. The van der Waals surface area contributed by atoms with Crippen LogP contribution in [-0.4, -0.2) is 46.5 Å². The highest BCUT2D eigenvalue weighted by Crippen LogP contribution is 2.07. The van der Waals surface area contributed by atoms with Crippen LogP contribution in [0.25, 0.3) is 0 Å². The van der Waals surface area contributed by atoms with Crippen LogP contribution in [0, 0.1) is 0 Å². The van der Waals surface area contributed by atoms with E-state index in [1.54, 1.807) is 0 Å². The molecule has 18 heteroatoms. The summed E-state index contributed by atoms with van der Waals surface area (Å²) in [6.45, 7) is 0. The number of nitrogens with zero attached hydrogens (tertiary/aromatic N) is 1. The Morgan fingerprint density at radius 1 is 0.571 bits per heavy atom. The predicted octanol–water partition coefficient (Wildman–Crippen LogP) is 3.13. The SMILES string of the molecule is CN(C=O)C=O.F[B-](F)(F)F.F[B-](F)(F)F.F[B-](F)(F)F. The number of amides is 2. The fourth-order valence-corrected chi connectivity index (χ4v) is 0.0248. The summed E-state index contributed by atoms with van der Waals surface area (Å²) >= 11 is 0. The Hall–Kier alpha value is -1.51. The van der Waals surface area contributed by atoms with Gasteiger partial charge in [0.1, 0.15) is 0 Å². The van der Waals surface area contributed by atoms with E-state index in [2.05, 4.69) is 0 Å². The Bertz CT molecular complexity index is 207. The third-order valence-electron chi connectivity index (χ3n) is 0.333. The number of carbonyl (C=O) groups is 2. The molecule has 0 aliphatic rings. The summed E-state index contributed by atoms with van der Waals surface area (Å²) in [5, 5.41) is 0. The fraction of sp³-hybridized carbons (Fsp3) is 0.333. The molecule has 0 unspecified atom stereocenters. The van der Waals surface area contributed by atoms with Crippen molar-refractivity contribution in [2.24, 2.45) is 0 Å². The van der Waals surface area contributed by atoms with Gasteiger partial charge in [-0.15, -0.1) is 0 Å². The molecule has 0 aromatic heterocycles. The summed E-state index contributed by atoms with van der Waals surface area (Å²) in [6, 6.07) is 0. The van der Waals surface area contributed by atoms with Gasteiger partial charge in [-0.1, -0.05) is 0 Å². The molecule has 0 aromatic carbocycles. The van der Waals surface area contributed by atoms with Crippen molar-refractivity contribution in [1.29, 1.82) is 0 Å². The quantitative estimate of drug-likeness (QED) is 0.437. The van der Waals surface area contributed by atoms with Gasteiger partial charge in [-0.2, -0.15) is 0 Å². The molecular weight excluding hydrogens is 342 g/mol. The van der Waals surface area contributed by atoms with Crippen LogP contribution in [0.4, 0.5) is 51.8 Å². The Kier molecular flexibility index (Phi) is 16.2. The van der Waals surface area contributed by atoms with Gasteiger partial charge in [-0.05, 0) is 0 Å². The summed E-state index contributed by atoms with van der Waals surface area (Å²) < 4.78 is 117. The molecule has 0 N–H and O–H groups in total. The summed E-state index contributed by atoms with van der Waals surface area (Å²) in [4.78, 5) is 19.8. The van der Waals surface area contributed by atoms with Gasteiger partial charge in [-0.3, -0.25) is 14.5 Å². The van der Waals surface area contributed by atoms with E-state index < -0.39 is 21.8 Å². The number of rotatable bonds is 2. The van der Waals surface area contributed by atoms with Crippen molar-refractivity contribution in [2.45, 2.75) is 0 Å². The van der Waals surface area contributed by atoms with Crippen LogP contribution in [-0.2, 0) is 9.59 Å². The van der Waals surface area contributed by atoms with Gasteiger partial charge in [0.2, 0.25) is 12.8 Å². The smallest absolute Gasteiger partial charge is 0.418 e. The first kappa shape index (κ1) is 27.8. The third kappa shape index (κ3) is 808. The molecule has 0 fully saturated rings. The maximum absolute atomic E-state index is 9.75. The number of carbonyl (C=O) groups excluding carboxylic acids is 2. The molecule has 2 amide bonds. The first-order chi connectivity index (χ1) is 8.81. The molecule has 0 atom stereocenters. The van der Waals surface area contributed by atoms with E-state index in [1.165, 1.54) is 7.05 Å². The normalized spacial score (nSPS) is 10.5. The summed E-state index contributed by atoms with van der Waals surface area (Å²) in [5.41, 5.74) is 0. The highest BCUT2D eigenvalue weighted by Gasteiger charge is 2.21. The van der Waals surface area contributed by atoms with Crippen LogP contribution in [0.5, 0.6) is 0 Å². The highest BCUT2D eigenvalue weighted by molar-refractivity contribution is 6.50. The lowest BCUT2D eigenvalue weighted by molar-refractivity contribution is -0.127. The summed E-state index contributed by atoms with van der Waals surface area (Å²) in [5.74, 6) is 0. The first-order valence-corrected chi connectivity index (χ1v) is 4.05. The molecule has 0 aliphatic heterocycles. The van der Waals surface area contributed by atoms with Crippen molar-refractivity contribution in [1.82, 2.24) is 4.90 Å². The molecule has 0 aliphatic carbocycles. The first-order valence-electron chi connectivity index (χ1n) is 4.05. The monoisotopic (exact) mass is 348 g/mol. The molecule has 21 heavy (non-hydrogen) atoms. The van der Waals surface area contributed by atoms with Crippen molar-refractivity contribution in [2.75, 3.05) is 7.05 Å². The van der Waals surface area contributed by atoms with Crippen LogP contribution in [0.2, 0.25) is 0 Å². The maximum Gasteiger partial charge on any atom is 0.673 e. The van der Waals surface area contributed by atoms with E-state index in [4.69, 9.17) is 0 Å². The van der Waals surface area contributed by atoms with Gasteiger partial charge in [0.25, 0.3) is 0 Å². The molecule has 0 bridgehead atoms. The average Bonchev–Trinajstić information content (AvgIpc) is 2.08. The van der Waals surface area contributed by atoms with Gasteiger partial charge >= 0.3 is 21.8 Å². The molecule has 130 valence electrons. The highest BCUT2D eigenvalue weighted by atomic mass is 19.5. The number of hydrogen-bond acceptors (Lipinski definition) is 2. The van der Waals surface area contributed by atoms with Crippen molar-refractivity contribution < 1.29 is 61.4 Å². The second kappa shape index (κ2) is 12.3. The number of hydrogen-bond donors (Lipinski definition) is 0. The lowest BCUT2D eigenvalue weighted by Gasteiger charge is -1.94. The van der Waals surface area contributed by atoms with E-state index >= 15 is 0 Å².